The number of aliphatic imine (C=N–C) groups is 2. The quantitative estimate of drug-likeness (QED) is 0.348. The highest BCUT2D eigenvalue weighted by atomic mass is 32.2. The van der Waals surface area contributed by atoms with Gasteiger partial charge in [0, 0.05) is 24.6 Å². The Morgan fingerprint density at radius 1 is 0.976 bits per heavy atom. The molecule has 0 radical (unpaired) electrons. The van der Waals surface area contributed by atoms with Crippen LogP contribution in [-0.2, 0) is 20.8 Å². The molecule has 2 aliphatic rings. The van der Waals surface area contributed by atoms with E-state index in [1.165, 1.54) is 12.0 Å². The van der Waals surface area contributed by atoms with Gasteiger partial charge in [-0.05, 0) is 42.7 Å². The lowest BCUT2D eigenvalue weighted by molar-refractivity contribution is -0.125. The number of fused-ring (bicyclic) bond motifs is 3. The second kappa shape index (κ2) is 13.3. The summed E-state index contributed by atoms with van der Waals surface area (Å²) < 4.78 is 10.6. The van der Waals surface area contributed by atoms with Crippen molar-refractivity contribution in [2.75, 3.05) is 31.8 Å². The van der Waals surface area contributed by atoms with Gasteiger partial charge in [-0.1, -0.05) is 54.2 Å². The van der Waals surface area contributed by atoms with E-state index in [4.69, 9.17) is 14.5 Å². The number of carbonyl (C=O) groups is 3. The number of hydrogen-bond acceptors (Lipinski definition) is 8. The molecular formula is C31H31N5O5S. The largest absolute Gasteiger partial charge is 0.497 e. The number of hydrogen-bond donors (Lipinski definition) is 2. The average molecular weight is 586 g/mol. The molecule has 5 rings (SSSR count). The zero-order valence-corrected chi connectivity index (χ0v) is 24.1. The van der Waals surface area contributed by atoms with Crippen molar-refractivity contribution in [1.82, 2.24) is 10.2 Å². The van der Waals surface area contributed by atoms with Gasteiger partial charge in [-0.2, -0.15) is 0 Å². The third kappa shape index (κ3) is 6.63. The van der Waals surface area contributed by atoms with E-state index in [1.54, 1.807) is 25.3 Å². The van der Waals surface area contributed by atoms with E-state index < -0.39 is 6.04 Å². The van der Waals surface area contributed by atoms with Gasteiger partial charge in [0.05, 0.1) is 31.3 Å². The molecule has 0 saturated carbocycles. The van der Waals surface area contributed by atoms with Crippen LogP contribution in [0.2, 0.25) is 0 Å². The zero-order chi connectivity index (χ0) is 29.5. The average Bonchev–Trinajstić information content (AvgIpc) is 3.35. The Morgan fingerprint density at radius 2 is 1.76 bits per heavy atom. The Balaban J connectivity index is 1.22. The van der Waals surface area contributed by atoms with Gasteiger partial charge in [0.15, 0.2) is 5.17 Å². The molecule has 2 heterocycles. The molecule has 2 N–H and O–H groups in total. The predicted octanol–water partition coefficient (Wildman–Crippen LogP) is 4.17. The van der Waals surface area contributed by atoms with Gasteiger partial charge in [-0.3, -0.25) is 19.4 Å². The highest BCUT2D eigenvalue weighted by Gasteiger charge is 2.41. The van der Waals surface area contributed by atoms with Gasteiger partial charge in [0.2, 0.25) is 11.8 Å². The van der Waals surface area contributed by atoms with Crippen molar-refractivity contribution in [3.63, 3.8) is 0 Å². The molecule has 0 unspecified atom stereocenters. The van der Waals surface area contributed by atoms with Crippen LogP contribution in [0.1, 0.15) is 24.0 Å². The minimum atomic E-state index is -0.716. The second-order valence-electron chi connectivity index (χ2n) is 9.58. The van der Waals surface area contributed by atoms with Gasteiger partial charge in [0.1, 0.15) is 23.4 Å². The lowest BCUT2D eigenvalue weighted by Crippen LogP contribution is -2.41. The summed E-state index contributed by atoms with van der Waals surface area (Å²) in [7, 11) is 3.06. The Labute approximate surface area is 248 Å². The molecule has 42 heavy (non-hydrogen) atoms. The summed E-state index contributed by atoms with van der Waals surface area (Å²) in [6, 6.07) is 21.8. The van der Waals surface area contributed by atoms with Gasteiger partial charge in [0.25, 0.3) is 5.91 Å². The molecular weight excluding hydrogens is 554 g/mol. The Morgan fingerprint density at radius 3 is 2.55 bits per heavy atom. The first-order valence-corrected chi connectivity index (χ1v) is 14.5. The predicted molar refractivity (Wildman–Crippen MR) is 164 cm³/mol. The van der Waals surface area contributed by atoms with Crippen molar-refractivity contribution in [3.8, 4) is 11.5 Å². The molecule has 216 valence electrons. The third-order valence-corrected chi connectivity index (χ3v) is 7.72. The summed E-state index contributed by atoms with van der Waals surface area (Å²) >= 11 is 1.14. The van der Waals surface area contributed by atoms with Crippen LogP contribution in [0.3, 0.4) is 0 Å². The monoisotopic (exact) mass is 585 g/mol. The minimum absolute atomic E-state index is 0.00703. The van der Waals surface area contributed by atoms with Crippen molar-refractivity contribution in [1.29, 1.82) is 0 Å². The molecule has 0 aliphatic carbocycles. The number of nitrogens with zero attached hydrogens (tertiary/aromatic N) is 3. The van der Waals surface area contributed by atoms with Crippen LogP contribution in [-0.4, -0.2) is 66.2 Å². The summed E-state index contributed by atoms with van der Waals surface area (Å²) in [5.74, 6) is 0.849. The number of thioether (sulfide) groups is 1. The molecule has 0 bridgehead atoms. The van der Waals surface area contributed by atoms with Gasteiger partial charge >= 0.3 is 0 Å². The molecule has 2 aliphatic heterocycles. The van der Waals surface area contributed by atoms with E-state index >= 15 is 0 Å². The highest BCUT2D eigenvalue weighted by molar-refractivity contribution is 8.14. The molecule has 11 heteroatoms. The van der Waals surface area contributed by atoms with Crippen molar-refractivity contribution in [2.24, 2.45) is 9.98 Å². The number of rotatable bonds is 11. The summed E-state index contributed by atoms with van der Waals surface area (Å²) in [5.41, 5.74) is 3.01. The van der Waals surface area contributed by atoms with Crippen molar-refractivity contribution < 1.29 is 23.9 Å². The maximum Gasteiger partial charge on any atom is 0.259 e. The number of amides is 3. The van der Waals surface area contributed by atoms with Gasteiger partial charge < -0.3 is 20.1 Å². The van der Waals surface area contributed by atoms with Crippen LogP contribution in [0.25, 0.3) is 0 Å². The summed E-state index contributed by atoms with van der Waals surface area (Å²) in [5, 5.41) is 6.12. The number of anilines is 1. The van der Waals surface area contributed by atoms with Crippen LogP contribution >= 0.6 is 11.8 Å². The minimum Gasteiger partial charge on any atom is -0.497 e. The van der Waals surface area contributed by atoms with Crippen LogP contribution in [0.4, 0.5) is 11.4 Å². The molecule has 1 atom stereocenters. The lowest BCUT2D eigenvalue weighted by Gasteiger charge is -2.25. The fraction of sp³-hybridized carbons (Fsp3) is 0.258. The Bertz CT molecular complexity index is 1540. The molecule has 0 saturated heterocycles. The van der Waals surface area contributed by atoms with Crippen LogP contribution in [0.15, 0.2) is 82.8 Å². The maximum atomic E-state index is 13.5. The normalized spacial score (nSPS) is 15.2. The molecule has 3 amide bonds. The van der Waals surface area contributed by atoms with Crippen LogP contribution < -0.4 is 20.1 Å². The summed E-state index contributed by atoms with van der Waals surface area (Å²) in [6.45, 7) is 0.520. The number of amidine groups is 2. The Kier molecular flexibility index (Phi) is 9.18. The van der Waals surface area contributed by atoms with E-state index in [9.17, 15) is 14.4 Å². The van der Waals surface area contributed by atoms with E-state index in [1.807, 2.05) is 54.6 Å². The zero-order valence-electron chi connectivity index (χ0n) is 23.3. The van der Waals surface area contributed by atoms with E-state index in [-0.39, 0.29) is 36.3 Å². The molecule has 3 aromatic carbocycles. The number of para-hydroxylation sites is 1. The smallest absolute Gasteiger partial charge is 0.259 e. The number of benzene rings is 3. The standard InChI is InChI=1S/C31H31N5O5S/c1-40-21-12-14-26(41-2)25(18-21)33-28(38)19-42-31-35-23-11-7-6-10-22(23)29-34-24(30(39)36(29)31)13-15-27(37)32-17-16-20-8-4-3-5-9-20/h3-12,14,18,24H,13,15-17,19H2,1-2H3,(H,32,37)(H,33,38)/t24-/m1/s1. The molecule has 0 spiro atoms. The summed E-state index contributed by atoms with van der Waals surface area (Å²) in [4.78, 5) is 49.8. The van der Waals surface area contributed by atoms with E-state index in [0.717, 1.165) is 29.3 Å². The van der Waals surface area contributed by atoms with E-state index in [2.05, 4.69) is 15.6 Å². The number of nitrogens with one attached hydrogen (secondary N) is 2. The van der Waals surface area contributed by atoms with Crippen LogP contribution in [0.5, 0.6) is 11.5 Å². The first-order chi connectivity index (χ1) is 20.5. The molecule has 0 aromatic heterocycles. The topological polar surface area (TPSA) is 122 Å². The van der Waals surface area contributed by atoms with Gasteiger partial charge in [-0.25, -0.2) is 9.89 Å². The first-order valence-electron chi connectivity index (χ1n) is 13.5. The molecule has 0 fully saturated rings. The lowest BCUT2D eigenvalue weighted by atomic mass is 10.1. The van der Waals surface area contributed by atoms with Crippen molar-refractivity contribution in [2.45, 2.75) is 25.3 Å². The van der Waals surface area contributed by atoms with Crippen LogP contribution in [0, 0.1) is 0 Å². The van der Waals surface area contributed by atoms with Crippen molar-refractivity contribution >= 4 is 51.9 Å². The fourth-order valence-electron chi connectivity index (χ4n) is 4.66. The number of ether oxygens (including phenoxy) is 2. The van der Waals surface area contributed by atoms with E-state index in [0.29, 0.717) is 40.4 Å². The molecule has 10 nitrogen and oxygen atoms in total. The van der Waals surface area contributed by atoms with Gasteiger partial charge in [-0.15, -0.1) is 0 Å². The highest BCUT2D eigenvalue weighted by Crippen LogP contribution is 2.34. The number of carbonyl (C=O) groups excluding carboxylic acids is 3. The first kappa shape index (κ1) is 28.9. The molecule has 3 aromatic rings. The third-order valence-electron chi connectivity index (χ3n) is 6.78. The number of methoxy groups -OCH3 is 2. The summed E-state index contributed by atoms with van der Waals surface area (Å²) in [6.07, 6.45) is 1.17. The Hall–Kier alpha value is -4.64. The second-order valence-corrected chi connectivity index (χ2v) is 10.5. The maximum absolute atomic E-state index is 13.5. The SMILES string of the molecule is COc1ccc(OC)c(NC(=O)CSC2=Nc3ccccc3C3=N[C@H](CCC(=O)NCCc4ccccc4)C(=O)N23)c1. The van der Waals surface area contributed by atoms with Crippen molar-refractivity contribution in [3.05, 3.63) is 83.9 Å². The fourth-order valence-corrected chi connectivity index (χ4v) is 5.46.